The van der Waals surface area contributed by atoms with Crippen LogP contribution in [0.5, 0.6) is 0 Å². The Labute approximate surface area is 133 Å². The molecule has 0 saturated heterocycles. The molecule has 0 saturated carbocycles. The molecule has 0 aliphatic carbocycles. The van der Waals surface area contributed by atoms with Crippen LogP contribution in [0.1, 0.15) is 23.2 Å². The molecule has 2 heterocycles. The van der Waals surface area contributed by atoms with E-state index in [1.165, 1.54) is 4.90 Å². The van der Waals surface area contributed by atoms with Gasteiger partial charge in [0.2, 0.25) is 5.91 Å². The predicted octanol–water partition coefficient (Wildman–Crippen LogP) is 1.45. The highest BCUT2D eigenvalue weighted by Gasteiger charge is 2.34. The Kier molecular flexibility index (Phi) is 4.32. The third kappa shape index (κ3) is 3.36. The molecule has 1 unspecified atom stereocenters. The molecule has 3 rings (SSSR count). The largest absolute Gasteiger partial charge is 0.480 e. The van der Waals surface area contributed by atoms with E-state index in [0.29, 0.717) is 19.4 Å². The normalized spacial score (nSPS) is 16.7. The van der Waals surface area contributed by atoms with Crippen LogP contribution in [0.25, 0.3) is 0 Å². The fourth-order valence-corrected chi connectivity index (χ4v) is 2.84. The van der Waals surface area contributed by atoms with E-state index >= 15 is 0 Å². The van der Waals surface area contributed by atoms with Gasteiger partial charge in [0.15, 0.2) is 0 Å². The number of nitrogens with zero attached hydrogens (tertiary/aromatic N) is 3. The summed E-state index contributed by atoms with van der Waals surface area (Å²) in [4.78, 5) is 33.6. The summed E-state index contributed by atoms with van der Waals surface area (Å²) in [5.41, 5.74) is 2.74. The van der Waals surface area contributed by atoms with Crippen LogP contribution in [-0.2, 0) is 29.0 Å². The molecule has 23 heavy (non-hydrogen) atoms. The molecular formula is C17H17N3O3. The van der Waals surface area contributed by atoms with E-state index in [0.717, 1.165) is 16.8 Å². The van der Waals surface area contributed by atoms with Gasteiger partial charge in [-0.1, -0.05) is 24.3 Å². The summed E-state index contributed by atoms with van der Waals surface area (Å²) >= 11 is 0. The van der Waals surface area contributed by atoms with Gasteiger partial charge in [-0.15, -0.1) is 0 Å². The van der Waals surface area contributed by atoms with Gasteiger partial charge in [0.25, 0.3) is 0 Å². The van der Waals surface area contributed by atoms with Gasteiger partial charge in [0, 0.05) is 38.0 Å². The summed E-state index contributed by atoms with van der Waals surface area (Å²) in [7, 11) is 0. The minimum absolute atomic E-state index is 0.169. The van der Waals surface area contributed by atoms with Crippen molar-refractivity contribution in [2.75, 3.05) is 0 Å². The Balaban J connectivity index is 1.74. The lowest BCUT2D eigenvalue weighted by molar-refractivity contribution is -0.151. The van der Waals surface area contributed by atoms with E-state index in [1.807, 2.05) is 24.3 Å². The molecule has 118 valence electrons. The van der Waals surface area contributed by atoms with Gasteiger partial charge in [-0.3, -0.25) is 14.8 Å². The fourth-order valence-electron chi connectivity index (χ4n) is 2.84. The van der Waals surface area contributed by atoms with Crippen LogP contribution in [0.15, 0.2) is 42.9 Å². The van der Waals surface area contributed by atoms with Crippen LogP contribution < -0.4 is 0 Å². The van der Waals surface area contributed by atoms with Gasteiger partial charge < -0.3 is 10.0 Å². The first-order valence-corrected chi connectivity index (χ1v) is 7.49. The van der Waals surface area contributed by atoms with E-state index < -0.39 is 12.0 Å². The first-order chi connectivity index (χ1) is 11.1. The molecule has 1 N–H and O–H groups in total. The van der Waals surface area contributed by atoms with Crippen molar-refractivity contribution in [3.8, 4) is 0 Å². The number of rotatable bonds is 4. The van der Waals surface area contributed by atoms with Crippen molar-refractivity contribution in [2.24, 2.45) is 0 Å². The SMILES string of the molecule is O=C(O)C1Cc2ccccc2CN1C(=O)CCc1cnccn1. The summed E-state index contributed by atoms with van der Waals surface area (Å²) in [5, 5.41) is 9.45. The summed E-state index contributed by atoms with van der Waals surface area (Å²) in [6, 6.07) is 6.85. The molecule has 0 fully saturated rings. The van der Waals surface area contributed by atoms with Crippen molar-refractivity contribution in [3.05, 3.63) is 59.7 Å². The number of hydrogen-bond acceptors (Lipinski definition) is 4. The molecule has 0 spiro atoms. The van der Waals surface area contributed by atoms with Gasteiger partial charge in [-0.2, -0.15) is 0 Å². The van der Waals surface area contributed by atoms with Gasteiger partial charge in [0.1, 0.15) is 6.04 Å². The van der Waals surface area contributed by atoms with Crippen LogP contribution in [-0.4, -0.2) is 37.9 Å². The predicted molar refractivity (Wildman–Crippen MR) is 82.5 cm³/mol. The summed E-state index contributed by atoms with van der Waals surface area (Å²) in [6.07, 6.45) is 5.81. The van der Waals surface area contributed by atoms with Crippen LogP contribution >= 0.6 is 0 Å². The third-order valence-electron chi connectivity index (χ3n) is 4.07. The zero-order valence-electron chi connectivity index (χ0n) is 12.6. The number of carbonyl (C=O) groups is 2. The number of aryl methyl sites for hydroxylation is 1. The number of carboxylic acids is 1. The van der Waals surface area contributed by atoms with E-state index in [4.69, 9.17) is 0 Å². The lowest BCUT2D eigenvalue weighted by Crippen LogP contribution is -2.48. The van der Waals surface area contributed by atoms with Crippen LogP contribution in [0.2, 0.25) is 0 Å². The summed E-state index contributed by atoms with van der Waals surface area (Å²) < 4.78 is 0. The number of hydrogen-bond donors (Lipinski definition) is 1. The van der Waals surface area contributed by atoms with E-state index in [-0.39, 0.29) is 12.3 Å². The first-order valence-electron chi connectivity index (χ1n) is 7.49. The quantitative estimate of drug-likeness (QED) is 0.924. The summed E-state index contributed by atoms with van der Waals surface area (Å²) in [5.74, 6) is -1.13. The lowest BCUT2D eigenvalue weighted by Gasteiger charge is -2.34. The molecule has 1 aliphatic rings. The summed E-state index contributed by atoms with van der Waals surface area (Å²) in [6.45, 7) is 0.340. The molecule has 1 aromatic carbocycles. The number of aliphatic carboxylic acids is 1. The van der Waals surface area contributed by atoms with Crippen molar-refractivity contribution in [1.82, 2.24) is 14.9 Å². The van der Waals surface area contributed by atoms with Crippen molar-refractivity contribution >= 4 is 11.9 Å². The van der Waals surface area contributed by atoms with Crippen LogP contribution in [0, 0.1) is 0 Å². The van der Waals surface area contributed by atoms with Crippen molar-refractivity contribution in [1.29, 1.82) is 0 Å². The average molecular weight is 311 g/mol. The van der Waals surface area contributed by atoms with E-state index in [9.17, 15) is 14.7 Å². The highest BCUT2D eigenvalue weighted by atomic mass is 16.4. The standard InChI is InChI=1S/C17H17N3O3/c21-16(6-5-14-10-18-7-8-19-14)20-11-13-4-2-1-3-12(13)9-15(20)17(22)23/h1-4,7-8,10,15H,5-6,9,11H2,(H,22,23). The number of carbonyl (C=O) groups excluding carboxylic acids is 1. The maximum absolute atomic E-state index is 12.5. The van der Waals surface area contributed by atoms with Crippen molar-refractivity contribution in [2.45, 2.75) is 31.8 Å². The highest BCUT2D eigenvalue weighted by molar-refractivity contribution is 5.84. The molecule has 0 bridgehead atoms. The minimum atomic E-state index is -0.965. The monoisotopic (exact) mass is 311 g/mol. The van der Waals surface area contributed by atoms with Gasteiger partial charge >= 0.3 is 5.97 Å². The van der Waals surface area contributed by atoms with Crippen LogP contribution in [0.4, 0.5) is 0 Å². The van der Waals surface area contributed by atoms with Gasteiger partial charge in [-0.05, 0) is 17.5 Å². The number of amides is 1. The molecule has 1 aromatic heterocycles. The topological polar surface area (TPSA) is 83.4 Å². The molecule has 1 amide bonds. The molecule has 1 atom stereocenters. The molecular weight excluding hydrogens is 294 g/mol. The number of fused-ring (bicyclic) bond motifs is 1. The Hall–Kier alpha value is -2.76. The number of carboxylic acid groups (broad SMARTS) is 1. The molecule has 1 aliphatic heterocycles. The van der Waals surface area contributed by atoms with Crippen molar-refractivity contribution in [3.63, 3.8) is 0 Å². The van der Waals surface area contributed by atoms with E-state index in [1.54, 1.807) is 18.6 Å². The number of benzene rings is 1. The Morgan fingerprint density at radius 3 is 2.70 bits per heavy atom. The zero-order valence-corrected chi connectivity index (χ0v) is 12.6. The maximum atomic E-state index is 12.5. The third-order valence-corrected chi connectivity index (χ3v) is 4.07. The Morgan fingerprint density at radius 2 is 2.00 bits per heavy atom. The maximum Gasteiger partial charge on any atom is 0.326 e. The van der Waals surface area contributed by atoms with Gasteiger partial charge in [-0.25, -0.2) is 4.79 Å². The smallest absolute Gasteiger partial charge is 0.326 e. The highest BCUT2D eigenvalue weighted by Crippen LogP contribution is 2.24. The average Bonchev–Trinajstić information content (AvgIpc) is 2.59. The Bertz CT molecular complexity index is 718. The Morgan fingerprint density at radius 1 is 1.22 bits per heavy atom. The van der Waals surface area contributed by atoms with Gasteiger partial charge in [0.05, 0.1) is 5.69 Å². The van der Waals surface area contributed by atoms with E-state index in [2.05, 4.69) is 9.97 Å². The molecule has 6 heteroatoms. The van der Waals surface area contributed by atoms with Crippen molar-refractivity contribution < 1.29 is 14.7 Å². The zero-order chi connectivity index (χ0) is 16.2. The molecule has 2 aromatic rings. The van der Waals surface area contributed by atoms with Crippen LogP contribution in [0.3, 0.4) is 0 Å². The number of aromatic nitrogens is 2. The minimum Gasteiger partial charge on any atom is -0.480 e. The molecule has 0 radical (unpaired) electrons. The second-order valence-corrected chi connectivity index (χ2v) is 5.55. The second-order valence-electron chi connectivity index (χ2n) is 5.55. The fraction of sp³-hybridized carbons (Fsp3) is 0.294. The first kappa shape index (κ1) is 15.1. The lowest BCUT2D eigenvalue weighted by atomic mass is 9.93. The molecule has 6 nitrogen and oxygen atoms in total. The second kappa shape index (κ2) is 6.56.